The van der Waals surface area contributed by atoms with Crippen molar-refractivity contribution in [2.45, 2.75) is 25.1 Å². The van der Waals surface area contributed by atoms with E-state index >= 15 is 0 Å². The van der Waals surface area contributed by atoms with Gasteiger partial charge in [-0.15, -0.1) is 10.2 Å². The number of aromatic nitrogens is 2. The summed E-state index contributed by atoms with van der Waals surface area (Å²) in [5.41, 5.74) is 2.11. The standard InChI is InChI=1S/C17H22ClN5O3S2/c1-11(2)15(24)19-16-20-21-17(27-16)28(25,26)23-8-6-22(7-9-23)14-10-13(18)5-4-12(14)3/h4-5,10-11H,6-9H2,1-3H3,(H,19,20,24). The minimum atomic E-state index is -3.75. The number of amides is 1. The number of benzene rings is 1. The van der Waals surface area contributed by atoms with Crippen molar-refractivity contribution < 1.29 is 13.2 Å². The topological polar surface area (TPSA) is 95.5 Å². The van der Waals surface area contributed by atoms with Crippen LogP contribution in [0.2, 0.25) is 5.02 Å². The first-order valence-corrected chi connectivity index (χ1v) is 11.5. The Hall–Kier alpha value is -1.75. The lowest BCUT2D eigenvalue weighted by Crippen LogP contribution is -2.48. The first-order valence-electron chi connectivity index (χ1n) is 8.84. The van der Waals surface area contributed by atoms with Gasteiger partial charge in [-0.1, -0.05) is 42.9 Å². The summed E-state index contributed by atoms with van der Waals surface area (Å²) in [6.07, 6.45) is 0. The van der Waals surface area contributed by atoms with E-state index in [4.69, 9.17) is 11.6 Å². The van der Waals surface area contributed by atoms with Gasteiger partial charge in [0, 0.05) is 42.8 Å². The molecule has 0 radical (unpaired) electrons. The summed E-state index contributed by atoms with van der Waals surface area (Å²) in [5, 5.41) is 11.0. The smallest absolute Gasteiger partial charge is 0.272 e. The molecule has 2 aromatic rings. The van der Waals surface area contributed by atoms with Gasteiger partial charge in [0.05, 0.1) is 0 Å². The number of anilines is 2. The molecule has 28 heavy (non-hydrogen) atoms. The lowest BCUT2D eigenvalue weighted by molar-refractivity contribution is -0.118. The number of piperazine rings is 1. The molecule has 3 rings (SSSR count). The van der Waals surface area contributed by atoms with Gasteiger partial charge >= 0.3 is 0 Å². The van der Waals surface area contributed by atoms with E-state index in [0.717, 1.165) is 22.6 Å². The fraction of sp³-hybridized carbons (Fsp3) is 0.471. The minimum absolute atomic E-state index is 0.112. The van der Waals surface area contributed by atoms with Crippen molar-refractivity contribution >= 4 is 49.7 Å². The molecule has 1 aliphatic rings. The van der Waals surface area contributed by atoms with Gasteiger partial charge in [0.25, 0.3) is 10.0 Å². The van der Waals surface area contributed by atoms with Gasteiger partial charge in [0.15, 0.2) is 0 Å². The van der Waals surface area contributed by atoms with E-state index < -0.39 is 10.0 Å². The van der Waals surface area contributed by atoms with E-state index in [1.807, 2.05) is 25.1 Å². The second kappa shape index (κ2) is 8.32. The Bertz CT molecular complexity index is 969. The molecule has 0 unspecified atom stereocenters. The average Bonchev–Trinajstić information content (AvgIpc) is 3.13. The molecular weight excluding hydrogens is 422 g/mol. The predicted octanol–water partition coefficient (Wildman–Crippen LogP) is 2.61. The van der Waals surface area contributed by atoms with Crippen LogP contribution in [0.1, 0.15) is 19.4 Å². The Morgan fingerprint density at radius 2 is 1.89 bits per heavy atom. The Labute approximate surface area is 173 Å². The molecule has 1 aromatic heterocycles. The molecule has 1 aliphatic heterocycles. The summed E-state index contributed by atoms with van der Waals surface area (Å²) in [5.74, 6) is -0.461. The third kappa shape index (κ3) is 4.45. The van der Waals surface area contributed by atoms with E-state index in [1.54, 1.807) is 13.8 Å². The largest absolute Gasteiger partial charge is 0.369 e. The Balaban J connectivity index is 1.69. The van der Waals surface area contributed by atoms with Crippen LogP contribution in [0.3, 0.4) is 0 Å². The summed E-state index contributed by atoms with van der Waals surface area (Å²) in [6.45, 7) is 7.27. The van der Waals surface area contributed by atoms with Crippen LogP contribution in [0.25, 0.3) is 0 Å². The Morgan fingerprint density at radius 1 is 1.21 bits per heavy atom. The lowest BCUT2D eigenvalue weighted by Gasteiger charge is -2.35. The highest BCUT2D eigenvalue weighted by atomic mass is 35.5. The number of carbonyl (C=O) groups is 1. The summed E-state index contributed by atoms with van der Waals surface area (Å²) in [7, 11) is -3.75. The maximum Gasteiger partial charge on any atom is 0.272 e. The van der Waals surface area contributed by atoms with Crippen LogP contribution < -0.4 is 10.2 Å². The third-order valence-electron chi connectivity index (χ3n) is 4.47. The maximum absolute atomic E-state index is 12.9. The number of rotatable bonds is 5. The summed E-state index contributed by atoms with van der Waals surface area (Å²) in [4.78, 5) is 13.9. The van der Waals surface area contributed by atoms with E-state index in [9.17, 15) is 13.2 Å². The molecular formula is C17H22ClN5O3S2. The second-order valence-electron chi connectivity index (χ2n) is 6.84. The van der Waals surface area contributed by atoms with Crippen LogP contribution in [-0.2, 0) is 14.8 Å². The Kier molecular flexibility index (Phi) is 6.23. The molecule has 8 nitrogen and oxygen atoms in total. The van der Waals surface area contributed by atoms with Gasteiger partial charge in [-0.25, -0.2) is 8.42 Å². The number of carbonyl (C=O) groups excluding carboxylic acids is 1. The van der Waals surface area contributed by atoms with Crippen LogP contribution >= 0.6 is 22.9 Å². The third-order valence-corrected chi connectivity index (χ3v) is 7.79. The molecule has 1 aromatic carbocycles. The van der Waals surface area contributed by atoms with Crippen LogP contribution in [0.15, 0.2) is 22.5 Å². The number of hydrogen-bond acceptors (Lipinski definition) is 7. The maximum atomic E-state index is 12.9. The summed E-state index contributed by atoms with van der Waals surface area (Å²) >= 11 is 6.96. The highest BCUT2D eigenvalue weighted by molar-refractivity contribution is 7.91. The molecule has 0 spiro atoms. The van der Waals surface area contributed by atoms with Crippen LogP contribution in [-0.4, -0.2) is 55.0 Å². The highest BCUT2D eigenvalue weighted by Gasteiger charge is 2.32. The lowest BCUT2D eigenvalue weighted by atomic mass is 10.1. The zero-order valence-corrected chi connectivity index (χ0v) is 18.2. The van der Waals surface area contributed by atoms with E-state index in [1.165, 1.54) is 4.31 Å². The van der Waals surface area contributed by atoms with Gasteiger partial charge in [-0.3, -0.25) is 4.79 Å². The van der Waals surface area contributed by atoms with Crippen molar-refractivity contribution in [3.63, 3.8) is 0 Å². The quantitative estimate of drug-likeness (QED) is 0.713. The second-order valence-corrected chi connectivity index (χ2v) is 10.4. The van der Waals surface area contributed by atoms with Crippen molar-refractivity contribution in [3.05, 3.63) is 28.8 Å². The molecule has 0 aliphatic carbocycles. The average molecular weight is 444 g/mol. The van der Waals surface area contributed by atoms with Gasteiger partial charge in [0.1, 0.15) is 0 Å². The van der Waals surface area contributed by atoms with E-state index in [2.05, 4.69) is 20.4 Å². The normalized spacial score (nSPS) is 15.8. The molecule has 1 amide bonds. The zero-order valence-electron chi connectivity index (χ0n) is 15.8. The van der Waals surface area contributed by atoms with E-state index in [-0.39, 0.29) is 21.3 Å². The molecule has 0 atom stereocenters. The molecule has 11 heteroatoms. The number of aryl methyl sites for hydroxylation is 1. The summed E-state index contributed by atoms with van der Waals surface area (Å²) in [6, 6.07) is 5.69. The van der Waals surface area contributed by atoms with Crippen LogP contribution in [0.4, 0.5) is 10.8 Å². The molecule has 1 saturated heterocycles. The van der Waals surface area contributed by atoms with E-state index in [0.29, 0.717) is 31.2 Å². The number of sulfonamides is 1. The SMILES string of the molecule is Cc1ccc(Cl)cc1N1CCN(S(=O)(=O)c2nnc(NC(=O)C(C)C)s2)CC1. The van der Waals surface area contributed by atoms with Gasteiger partial charge in [-0.05, 0) is 24.6 Å². The highest BCUT2D eigenvalue weighted by Crippen LogP contribution is 2.28. The molecule has 1 N–H and O–H groups in total. The minimum Gasteiger partial charge on any atom is -0.369 e. The number of halogens is 1. The fourth-order valence-corrected chi connectivity index (χ4v) is 5.45. The van der Waals surface area contributed by atoms with Crippen LogP contribution in [0, 0.1) is 12.8 Å². The van der Waals surface area contributed by atoms with Crippen molar-refractivity contribution in [2.24, 2.45) is 5.92 Å². The monoisotopic (exact) mass is 443 g/mol. The molecule has 0 saturated carbocycles. The zero-order chi connectivity index (χ0) is 20.5. The summed E-state index contributed by atoms with van der Waals surface area (Å²) < 4.78 is 27.0. The van der Waals surface area contributed by atoms with Gasteiger partial charge in [-0.2, -0.15) is 4.31 Å². The molecule has 1 fully saturated rings. The fourth-order valence-electron chi connectivity index (χ4n) is 2.82. The number of nitrogens with zero attached hydrogens (tertiary/aromatic N) is 4. The number of hydrogen-bond donors (Lipinski definition) is 1. The van der Waals surface area contributed by atoms with Crippen molar-refractivity contribution in [3.8, 4) is 0 Å². The van der Waals surface area contributed by atoms with Gasteiger partial charge < -0.3 is 10.2 Å². The van der Waals surface area contributed by atoms with Crippen LogP contribution in [0.5, 0.6) is 0 Å². The first-order chi connectivity index (χ1) is 13.2. The van der Waals surface area contributed by atoms with Crippen molar-refractivity contribution in [1.29, 1.82) is 0 Å². The predicted molar refractivity (Wildman–Crippen MR) is 111 cm³/mol. The molecule has 2 heterocycles. The van der Waals surface area contributed by atoms with Crippen molar-refractivity contribution in [2.75, 3.05) is 36.4 Å². The molecule has 0 bridgehead atoms. The van der Waals surface area contributed by atoms with Crippen molar-refractivity contribution in [1.82, 2.24) is 14.5 Å². The number of nitrogens with one attached hydrogen (secondary N) is 1. The van der Waals surface area contributed by atoms with Gasteiger partial charge in [0.2, 0.25) is 15.4 Å². The molecule has 152 valence electrons. The first kappa shape index (κ1) is 21.0. The Morgan fingerprint density at radius 3 is 2.54 bits per heavy atom.